The summed E-state index contributed by atoms with van der Waals surface area (Å²) in [7, 11) is 0. The second-order valence-corrected chi connectivity index (χ2v) is 4.85. The Labute approximate surface area is 118 Å². The van der Waals surface area contributed by atoms with Crippen LogP contribution in [0.2, 0.25) is 0 Å². The molecule has 0 radical (unpaired) electrons. The molecule has 21 heavy (non-hydrogen) atoms. The number of benzene rings is 2. The van der Waals surface area contributed by atoms with E-state index in [1.54, 1.807) is 42.5 Å². The second kappa shape index (κ2) is 4.51. The van der Waals surface area contributed by atoms with Crippen molar-refractivity contribution in [3.63, 3.8) is 0 Å². The van der Waals surface area contributed by atoms with E-state index in [4.69, 9.17) is 5.73 Å². The van der Waals surface area contributed by atoms with Gasteiger partial charge in [0.1, 0.15) is 0 Å². The number of aryl methyl sites for hydroxylation is 1. The second-order valence-electron chi connectivity index (χ2n) is 4.85. The molecule has 3 aromatic rings. The highest BCUT2D eigenvalue weighted by Gasteiger charge is 2.38. The number of aromatic nitrogens is 2. The molecule has 0 saturated carbocycles. The molecular formula is C15H12F3N3. The van der Waals surface area contributed by atoms with Crippen molar-refractivity contribution < 1.29 is 13.2 Å². The van der Waals surface area contributed by atoms with Gasteiger partial charge in [-0.05, 0) is 48.9 Å². The lowest BCUT2D eigenvalue weighted by Crippen LogP contribution is -2.13. The maximum Gasteiger partial charge on any atom is 0.450 e. The van der Waals surface area contributed by atoms with E-state index in [0.29, 0.717) is 22.4 Å². The molecule has 2 aromatic carbocycles. The van der Waals surface area contributed by atoms with Crippen LogP contribution >= 0.6 is 0 Å². The molecular weight excluding hydrogens is 279 g/mol. The van der Waals surface area contributed by atoms with E-state index in [9.17, 15) is 13.2 Å². The van der Waals surface area contributed by atoms with Gasteiger partial charge in [0, 0.05) is 11.4 Å². The van der Waals surface area contributed by atoms with E-state index in [2.05, 4.69) is 4.98 Å². The first-order chi connectivity index (χ1) is 9.86. The summed E-state index contributed by atoms with van der Waals surface area (Å²) < 4.78 is 40.8. The summed E-state index contributed by atoms with van der Waals surface area (Å²) in [5.41, 5.74) is 8.05. The highest BCUT2D eigenvalue weighted by atomic mass is 19.4. The number of anilines is 1. The van der Waals surface area contributed by atoms with Crippen LogP contribution in [0.1, 0.15) is 11.4 Å². The molecule has 3 rings (SSSR count). The number of hydrogen-bond donors (Lipinski definition) is 1. The van der Waals surface area contributed by atoms with Gasteiger partial charge in [-0.2, -0.15) is 13.2 Å². The van der Waals surface area contributed by atoms with Crippen LogP contribution in [0.5, 0.6) is 0 Å². The molecule has 0 aliphatic rings. The minimum atomic E-state index is -4.53. The zero-order valence-electron chi connectivity index (χ0n) is 11.1. The fourth-order valence-electron chi connectivity index (χ4n) is 2.27. The zero-order chi connectivity index (χ0) is 15.2. The lowest BCUT2D eigenvalue weighted by Gasteiger charge is -2.11. The van der Waals surface area contributed by atoms with Crippen LogP contribution in [0.3, 0.4) is 0 Å². The monoisotopic (exact) mass is 291 g/mol. The predicted molar refractivity (Wildman–Crippen MR) is 75.2 cm³/mol. The lowest BCUT2D eigenvalue weighted by atomic mass is 10.2. The quantitative estimate of drug-likeness (QED) is 0.690. The number of nitrogens with two attached hydrogens (primary N) is 1. The minimum Gasteiger partial charge on any atom is -0.399 e. The molecule has 6 heteroatoms. The molecule has 0 aliphatic heterocycles. The number of halogens is 3. The van der Waals surface area contributed by atoms with Crippen molar-refractivity contribution in [3.05, 3.63) is 53.9 Å². The number of rotatable bonds is 1. The Balaban J connectivity index is 2.35. The Morgan fingerprint density at radius 3 is 2.33 bits per heavy atom. The largest absolute Gasteiger partial charge is 0.450 e. The molecule has 0 amide bonds. The smallest absolute Gasteiger partial charge is 0.399 e. The third-order valence-corrected chi connectivity index (χ3v) is 3.21. The van der Waals surface area contributed by atoms with Gasteiger partial charge in [-0.25, -0.2) is 4.98 Å². The molecule has 2 N–H and O–H groups in total. The fourth-order valence-corrected chi connectivity index (χ4v) is 2.27. The number of alkyl halides is 3. The average molecular weight is 291 g/mol. The molecule has 0 bridgehead atoms. The summed E-state index contributed by atoms with van der Waals surface area (Å²) >= 11 is 0. The van der Waals surface area contributed by atoms with Gasteiger partial charge in [-0.15, -0.1) is 0 Å². The maximum absolute atomic E-state index is 13.2. The van der Waals surface area contributed by atoms with Crippen molar-refractivity contribution in [3.8, 4) is 5.69 Å². The van der Waals surface area contributed by atoms with Gasteiger partial charge in [0.15, 0.2) is 0 Å². The Morgan fingerprint density at radius 2 is 1.71 bits per heavy atom. The van der Waals surface area contributed by atoms with Crippen LogP contribution < -0.4 is 5.73 Å². The summed E-state index contributed by atoms with van der Waals surface area (Å²) in [6, 6.07) is 11.3. The van der Waals surface area contributed by atoms with E-state index in [1.807, 2.05) is 6.92 Å². The number of hydrogen-bond acceptors (Lipinski definition) is 2. The summed E-state index contributed by atoms with van der Waals surface area (Å²) in [5.74, 6) is -0.937. The standard InChI is InChI=1S/C15H12F3N3/c1-9-2-7-13-12(8-9)20-14(15(16,17)18)21(13)11-5-3-10(19)4-6-11/h2-8H,19H2,1H3. The van der Waals surface area contributed by atoms with Crippen LogP contribution in [0.15, 0.2) is 42.5 Å². The Bertz CT molecular complexity index is 801. The van der Waals surface area contributed by atoms with E-state index < -0.39 is 12.0 Å². The van der Waals surface area contributed by atoms with Crippen LogP contribution in [-0.2, 0) is 6.18 Å². The molecule has 3 nitrogen and oxygen atoms in total. The summed E-state index contributed by atoms with van der Waals surface area (Å²) in [4.78, 5) is 3.75. The van der Waals surface area contributed by atoms with Gasteiger partial charge < -0.3 is 5.73 Å². The van der Waals surface area contributed by atoms with Gasteiger partial charge in [-0.3, -0.25) is 4.57 Å². The third-order valence-electron chi connectivity index (χ3n) is 3.21. The Morgan fingerprint density at radius 1 is 1.05 bits per heavy atom. The maximum atomic E-state index is 13.2. The minimum absolute atomic E-state index is 0.319. The molecule has 0 spiro atoms. The molecule has 1 heterocycles. The summed E-state index contributed by atoms with van der Waals surface area (Å²) in [5, 5.41) is 0. The number of fused-ring (bicyclic) bond motifs is 1. The first-order valence-corrected chi connectivity index (χ1v) is 6.28. The third kappa shape index (κ3) is 2.33. The van der Waals surface area contributed by atoms with Crippen molar-refractivity contribution in [1.29, 1.82) is 0 Å². The van der Waals surface area contributed by atoms with E-state index >= 15 is 0 Å². The summed E-state index contributed by atoms with van der Waals surface area (Å²) in [6.07, 6.45) is -4.53. The van der Waals surface area contributed by atoms with Crippen LogP contribution in [0.25, 0.3) is 16.7 Å². The van der Waals surface area contributed by atoms with Crippen molar-refractivity contribution >= 4 is 16.7 Å². The normalized spacial score (nSPS) is 12.0. The number of nitrogens with zero attached hydrogens (tertiary/aromatic N) is 2. The molecule has 0 fully saturated rings. The van der Waals surface area contributed by atoms with Crippen molar-refractivity contribution in [1.82, 2.24) is 9.55 Å². The van der Waals surface area contributed by atoms with Crippen molar-refractivity contribution in [2.75, 3.05) is 5.73 Å². The molecule has 0 aliphatic carbocycles. The van der Waals surface area contributed by atoms with Gasteiger partial charge >= 0.3 is 6.18 Å². The average Bonchev–Trinajstić information content (AvgIpc) is 2.78. The van der Waals surface area contributed by atoms with Gasteiger partial charge in [0.2, 0.25) is 5.82 Å². The first kappa shape index (κ1) is 13.5. The van der Waals surface area contributed by atoms with Crippen molar-refractivity contribution in [2.24, 2.45) is 0 Å². The SMILES string of the molecule is Cc1ccc2c(c1)nc(C(F)(F)F)n2-c1ccc(N)cc1. The van der Waals surface area contributed by atoms with Gasteiger partial charge in [-0.1, -0.05) is 6.07 Å². The number of nitrogen functional groups attached to an aromatic ring is 1. The first-order valence-electron chi connectivity index (χ1n) is 6.28. The molecule has 108 valence electrons. The van der Waals surface area contributed by atoms with Crippen LogP contribution in [-0.4, -0.2) is 9.55 Å². The molecule has 0 saturated heterocycles. The highest BCUT2D eigenvalue weighted by Crippen LogP contribution is 2.34. The highest BCUT2D eigenvalue weighted by molar-refractivity contribution is 5.79. The fraction of sp³-hybridized carbons (Fsp3) is 0.133. The van der Waals surface area contributed by atoms with Crippen molar-refractivity contribution in [2.45, 2.75) is 13.1 Å². The predicted octanol–water partition coefficient (Wildman–Crippen LogP) is 3.93. The van der Waals surface area contributed by atoms with Crippen LogP contribution in [0, 0.1) is 6.92 Å². The van der Waals surface area contributed by atoms with Gasteiger partial charge in [0.05, 0.1) is 11.0 Å². The van der Waals surface area contributed by atoms with Gasteiger partial charge in [0.25, 0.3) is 0 Å². The topological polar surface area (TPSA) is 43.8 Å². The lowest BCUT2D eigenvalue weighted by molar-refractivity contribution is -0.145. The number of imidazole rings is 1. The summed E-state index contributed by atoms with van der Waals surface area (Å²) in [6.45, 7) is 1.81. The van der Waals surface area contributed by atoms with E-state index in [-0.39, 0.29) is 0 Å². The van der Waals surface area contributed by atoms with E-state index in [1.165, 1.54) is 0 Å². The van der Waals surface area contributed by atoms with Crippen LogP contribution in [0.4, 0.5) is 18.9 Å². The molecule has 0 unspecified atom stereocenters. The van der Waals surface area contributed by atoms with E-state index in [0.717, 1.165) is 10.1 Å². The zero-order valence-corrected chi connectivity index (χ0v) is 11.1. The molecule has 0 atom stereocenters. The Hall–Kier alpha value is -2.50. The molecule has 1 aromatic heterocycles. The Kier molecular flexibility index (Phi) is 2.90.